The third-order valence-corrected chi connectivity index (χ3v) is 6.33. The van der Waals surface area contributed by atoms with Crippen molar-refractivity contribution in [2.24, 2.45) is 4.99 Å². The topological polar surface area (TPSA) is 75.7 Å². The second kappa shape index (κ2) is 8.72. The lowest BCUT2D eigenvalue weighted by Crippen LogP contribution is -2.26. The minimum absolute atomic E-state index is 0.0301. The first kappa shape index (κ1) is 20.8. The minimum atomic E-state index is -0.783. The highest BCUT2D eigenvalue weighted by molar-refractivity contribution is 5.86. The van der Waals surface area contributed by atoms with E-state index in [1.165, 1.54) is 12.1 Å². The van der Waals surface area contributed by atoms with Crippen molar-refractivity contribution in [1.29, 1.82) is 0 Å². The quantitative estimate of drug-likeness (QED) is 0.232. The maximum atomic E-state index is 11.8. The van der Waals surface area contributed by atoms with Crippen molar-refractivity contribution in [3.8, 4) is 5.75 Å². The molecule has 1 N–H and O–H groups in total. The molecule has 0 amide bonds. The normalized spacial score (nSPS) is 14.9. The molecular formula is C26H26N2O3. The predicted octanol–water partition coefficient (Wildman–Crippen LogP) is 6.02. The van der Waals surface area contributed by atoms with Gasteiger partial charge < -0.3 is 5.11 Å². The number of aromatic hydroxyl groups is 1. The third kappa shape index (κ3) is 4.08. The van der Waals surface area contributed by atoms with Gasteiger partial charge in [-0.25, -0.2) is 0 Å². The van der Waals surface area contributed by atoms with Crippen LogP contribution in [0.1, 0.15) is 54.9 Å². The van der Waals surface area contributed by atoms with Crippen molar-refractivity contribution in [3.05, 3.63) is 105 Å². The minimum Gasteiger partial charge on any atom is -0.507 e. The fourth-order valence-corrected chi connectivity index (χ4v) is 4.49. The van der Waals surface area contributed by atoms with Crippen LogP contribution in [-0.4, -0.2) is 22.3 Å². The van der Waals surface area contributed by atoms with Crippen LogP contribution in [0.25, 0.3) is 0 Å². The van der Waals surface area contributed by atoms with Gasteiger partial charge in [0.15, 0.2) is 0 Å². The van der Waals surface area contributed by atoms with Crippen molar-refractivity contribution in [1.82, 2.24) is 0 Å². The Bertz CT molecular complexity index is 1050. The van der Waals surface area contributed by atoms with Crippen LogP contribution in [0.15, 0.2) is 77.8 Å². The van der Waals surface area contributed by atoms with Crippen LogP contribution in [0, 0.1) is 10.1 Å². The number of nitro groups is 1. The molecule has 0 saturated heterocycles. The lowest BCUT2D eigenvalue weighted by molar-refractivity contribution is -0.385. The molecule has 1 aliphatic rings. The van der Waals surface area contributed by atoms with Gasteiger partial charge in [-0.05, 0) is 30.9 Å². The fraction of sp³-hybridized carbons (Fsp3) is 0.269. The summed E-state index contributed by atoms with van der Waals surface area (Å²) in [6, 6.07) is 22.7. The Morgan fingerprint density at radius 1 is 1.00 bits per heavy atom. The van der Waals surface area contributed by atoms with E-state index in [1.807, 2.05) is 67.6 Å². The van der Waals surface area contributed by atoms with E-state index < -0.39 is 10.3 Å². The summed E-state index contributed by atoms with van der Waals surface area (Å²) in [5.41, 5.74) is 1.92. The summed E-state index contributed by atoms with van der Waals surface area (Å²) in [5, 5.41) is 23.1. The van der Waals surface area contributed by atoms with Crippen LogP contribution in [-0.2, 0) is 5.41 Å². The van der Waals surface area contributed by atoms with Gasteiger partial charge in [0, 0.05) is 40.9 Å². The number of phenols is 1. The summed E-state index contributed by atoms with van der Waals surface area (Å²) in [5.74, 6) is 0.0301. The van der Waals surface area contributed by atoms with Gasteiger partial charge in [0.05, 0.1) is 4.92 Å². The van der Waals surface area contributed by atoms with Gasteiger partial charge in [-0.1, -0.05) is 73.5 Å². The molecule has 0 spiro atoms. The summed E-state index contributed by atoms with van der Waals surface area (Å²) >= 11 is 0. The molecule has 5 nitrogen and oxygen atoms in total. The average Bonchev–Trinajstić information content (AvgIpc) is 3.32. The zero-order valence-corrected chi connectivity index (χ0v) is 17.6. The molecule has 1 saturated carbocycles. The van der Waals surface area contributed by atoms with Crippen molar-refractivity contribution in [3.63, 3.8) is 0 Å². The van der Waals surface area contributed by atoms with Crippen LogP contribution in [0.2, 0.25) is 0 Å². The number of rotatable bonds is 6. The van der Waals surface area contributed by atoms with E-state index in [4.69, 9.17) is 0 Å². The molecule has 0 heterocycles. The van der Waals surface area contributed by atoms with Crippen molar-refractivity contribution < 1.29 is 10.0 Å². The number of hydrogen-bond acceptors (Lipinski definition) is 4. The summed E-state index contributed by atoms with van der Waals surface area (Å²) < 4.78 is 0. The van der Waals surface area contributed by atoms with Gasteiger partial charge in [0.1, 0.15) is 5.75 Å². The van der Waals surface area contributed by atoms with Crippen LogP contribution in [0.5, 0.6) is 5.75 Å². The summed E-state index contributed by atoms with van der Waals surface area (Å²) in [4.78, 5) is 16.0. The van der Waals surface area contributed by atoms with E-state index >= 15 is 0 Å². The van der Waals surface area contributed by atoms with E-state index in [2.05, 4.69) is 4.99 Å². The SMILES string of the molecule is CC(c1ccccc1)(c1ccccc1)c1cc([N+](=O)[O-])cc(C=NC2CCCC2)c1O. The zero-order chi connectivity index (χ0) is 21.8. The average molecular weight is 415 g/mol. The summed E-state index contributed by atoms with van der Waals surface area (Å²) in [6.45, 7) is 1.99. The van der Waals surface area contributed by atoms with E-state index in [-0.39, 0.29) is 17.5 Å². The molecule has 4 rings (SSSR count). The molecule has 1 fully saturated rings. The number of non-ortho nitro benzene ring substituents is 1. The Labute approximate surface area is 182 Å². The van der Waals surface area contributed by atoms with Gasteiger partial charge in [-0.15, -0.1) is 0 Å². The van der Waals surface area contributed by atoms with Gasteiger partial charge >= 0.3 is 0 Å². The molecule has 1 aliphatic carbocycles. The highest BCUT2D eigenvalue weighted by Crippen LogP contribution is 2.45. The van der Waals surface area contributed by atoms with E-state index in [1.54, 1.807) is 6.21 Å². The number of nitrogens with zero attached hydrogens (tertiary/aromatic N) is 2. The molecule has 0 aliphatic heterocycles. The van der Waals surface area contributed by atoms with Crippen LogP contribution in [0.3, 0.4) is 0 Å². The first-order valence-electron chi connectivity index (χ1n) is 10.7. The van der Waals surface area contributed by atoms with Crippen LogP contribution in [0.4, 0.5) is 5.69 Å². The Hall–Kier alpha value is -3.47. The second-order valence-corrected chi connectivity index (χ2v) is 8.26. The molecule has 0 bridgehead atoms. The maximum absolute atomic E-state index is 11.8. The van der Waals surface area contributed by atoms with Gasteiger partial charge in [0.25, 0.3) is 5.69 Å². The monoisotopic (exact) mass is 414 g/mol. The molecule has 0 unspecified atom stereocenters. The van der Waals surface area contributed by atoms with E-state index in [9.17, 15) is 15.2 Å². The molecule has 0 radical (unpaired) electrons. The summed E-state index contributed by atoms with van der Waals surface area (Å²) in [7, 11) is 0. The molecule has 31 heavy (non-hydrogen) atoms. The fourth-order valence-electron chi connectivity index (χ4n) is 4.49. The number of hydrogen-bond donors (Lipinski definition) is 1. The zero-order valence-electron chi connectivity index (χ0n) is 17.6. The lowest BCUT2D eigenvalue weighted by atomic mass is 9.70. The smallest absolute Gasteiger partial charge is 0.270 e. The Kier molecular flexibility index (Phi) is 5.85. The third-order valence-electron chi connectivity index (χ3n) is 6.33. The number of aliphatic imine (C=N–C) groups is 1. The number of benzene rings is 3. The molecule has 3 aromatic rings. The van der Waals surface area contributed by atoms with E-state index in [0.717, 1.165) is 36.8 Å². The highest BCUT2D eigenvalue weighted by atomic mass is 16.6. The molecule has 0 aromatic heterocycles. The first-order valence-corrected chi connectivity index (χ1v) is 10.7. The predicted molar refractivity (Wildman–Crippen MR) is 123 cm³/mol. The Balaban J connectivity index is 1.93. The highest BCUT2D eigenvalue weighted by Gasteiger charge is 2.35. The van der Waals surface area contributed by atoms with Crippen molar-refractivity contribution >= 4 is 11.9 Å². The number of nitro benzene ring substituents is 1. The van der Waals surface area contributed by atoms with Crippen LogP contribution >= 0.6 is 0 Å². The molecule has 5 heteroatoms. The molecular weight excluding hydrogens is 388 g/mol. The molecule has 158 valence electrons. The lowest BCUT2D eigenvalue weighted by Gasteiger charge is -2.32. The largest absolute Gasteiger partial charge is 0.507 e. The van der Waals surface area contributed by atoms with Crippen LogP contribution < -0.4 is 0 Å². The second-order valence-electron chi connectivity index (χ2n) is 8.26. The Morgan fingerprint density at radius 2 is 1.55 bits per heavy atom. The van der Waals surface area contributed by atoms with Crippen molar-refractivity contribution in [2.75, 3.05) is 0 Å². The van der Waals surface area contributed by atoms with Gasteiger partial charge in [0.2, 0.25) is 0 Å². The van der Waals surface area contributed by atoms with Gasteiger partial charge in [-0.3, -0.25) is 15.1 Å². The van der Waals surface area contributed by atoms with Gasteiger partial charge in [-0.2, -0.15) is 0 Å². The maximum Gasteiger partial charge on any atom is 0.270 e. The Morgan fingerprint density at radius 3 is 2.06 bits per heavy atom. The standard InChI is InChI=1S/C26H26N2O3/c1-26(20-10-4-2-5-11-20,21-12-6-3-7-13-21)24-17-23(28(30)31)16-19(25(24)29)18-27-22-14-8-9-15-22/h2-7,10-13,16-18,22,29H,8-9,14-15H2,1H3. The van der Waals surface area contributed by atoms with E-state index in [0.29, 0.717) is 11.1 Å². The molecule has 0 atom stereocenters. The van der Waals surface area contributed by atoms with Crippen molar-refractivity contribution in [2.45, 2.75) is 44.1 Å². The summed E-state index contributed by atoms with van der Waals surface area (Å²) in [6.07, 6.45) is 5.94. The number of phenolic OH excluding ortho intramolecular Hbond substituents is 1. The molecule has 3 aromatic carbocycles. The first-order chi connectivity index (χ1) is 15.0.